The minimum atomic E-state index is -4.33. The normalized spacial score (nSPS) is 11.6. The lowest BCUT2D eigenvalue weighted by molar-refractivity contribution is -0.138. The molecule has 1 heterocycles. The monoisotopic (exact) mass is 269 g/mol. The number of alkyl halides is 3. The van der Waals surface area contributed by atoms with Crippen LogP contribution in [0.15, 0.2) is 30.5 Å². The lowest BCUT2D eigenvalue weighted by Gasteiger charge is -2.13. The van der Waals surface area contributed by atoms with Crippen molar-refractivity contribution >= 4 is 5.69 Å². The first-order valence-corrected chi connectivity index (χ1v) is 5.76. The molecule has 0 saturated heterocycles. The van der Waals surface area contributed by atoms with Crippen LogP contribution in [0.5, 0.6) is 0 Å². The van der Waals surface area contributed by atoms with Gasteiger partial charge in [-0.2, -0.15) is 18.3 Å². The lowest BCUT2D eigenvalue weighted by atomic mass is 10.1. The van der Waals surface area contributed by atoms with Crippen LogP contribution >= 0.6 is 0 Å². The van der Waals surface area contributed by atoms with E-state index in [2.05, 4.69) is 10.4 Å². The second kappa shape index (κ2) is 4.95. The fraction of sp³-hybridized carbons (Fsp3) is 0.308. The van der Waals surface area contributed by atoms with Gasteiger partial charge in [-0.1, -0.05) is 6.07 Å². The van der Waals surface area contributed by atoms with Gasteiger partial charge in [-0.3, -0.25) is 4.68 Å². The summed E-state index contributed by atoms with van der Waals surface area (Å²) in [7, 11) is 1.79. The van der Waals surface area contributed by atoms with E-state index in [1.54, 1.807) is 24.0 Å². The molecule has 2 aromatic rings. The van der Waals surface area contributed by atoms with Crippen molar-refractivity contribution in [1.82, 2.24) is 9.78 Å². The highest BCUT2D eigenvalue weighted by Crippen LogP contribution is 2.33. The molecule has 0 fully saturated rings. The highest BCUT2D eigenvalue weighted by Gasteiger charge is 2.32. The van der Waals surface area contributed by atoms with E-state index >= 15 is 0 Å². The van der Waals surface area contributed by atoms with Crippen molar-refractivity contribution in [2.24, 2.45) is 7.05 Å². The summed E-state index contributed by atoms with van der Waals surface area (Å²) in [6.45, 7) is 1.88. The van der Waals surface area contributed by atoms with Crippen LogP contribution in [-0.2, 0) is 19.8 Å². The van der Waals surface area contributed by atoms with Crippen molar-refractivity contribution in [3.05, 3.63) is 47.3 Å². The van der Waals surface area contributed by atoms with Gasteiger partial charge in [0.05, 0.1) is 17.8 Å². The Kier molecular flexibility index (Phi) is 3.50. The number of hydrogen-bond donors (Lipinski definition) is 1. The third kappa shape index (κ3) is 3.07. The molecule has 0 amide bonds. The van der Waals surface area contributed by atoms with Gasteiger partial charge in [0.2, 0.25) is 0 Å². The number of benzene rings is 1. The molecule has 0 spiro atoms. The van der Waals surface area contributed by atoms with Gasteiger partial charge < -0.3 is 5.32 Å². The fourth-order valence-electron chi connectivity index (χ4n) is 1.80. The standard InChI is InChI=1S/C13H14F3N3/c1-9-3-4-10(7-12(9)13(14,15)16)17-8-11-5-6-18-19(11)2/h3-7,17H,8H2,1-2H3. The molecule has 0 bridgehead atoms. The highest BCUT2D eigenvalue weighted by atomic mass is 19.4. The van der Waals surface area contributed by atoms with E-state index in [-0.39, 0.29) is 5.56 Å². The summed E-state index contributed by atoms with van der Waals surface area (Å²) in [4.78, 5) is 0. The van der Waals surface area contributed by atoms with Gasteiger partial charge in [0.25, 0.3) is 0 Å². The van der Waals surface area contributed by atoms with Crippen molar-refractivity contribution in [2.75, 3.05) is 5.32 Å². The first-order valence-electron chi connectivity index (χ1n) is 5.76. The smallest absolute Gasteiger partial charge is 0.379 e. The second-order valence-corrected chi connectivity index (χ2v) is 4.33. The molecule has 0 aliphatic rings. The molecule has 0 atom stereocenters. The van der Waals surface area contributed by atoms with E-state index in [9.17, 15) is 13.2 Å². The molecule has 0 saturated carbocycles. The molecule has 0 radical (unpaired) electrons. The Hall–Kier alpha value is -1.98. The number of halogens is 3. The predicted molar refractivity (Wildman–Crippen MR) is 66.7 cm³/mol. The zero-order valence-electron chi connectivity index (χ0n) is 10.6. The second-order valence-electron chi connectivity index (χ2n) is 4.33. The zero-order chi connectivity index (χ0) is 14.0. The minimum Gasteiger partial charge on any atom is -0.379 e. The van der Waals surface area contributed by atoms with Crippen LogP contribution in [0.25, 0.3) is 0 Å². The maximum atomic E-state index is 12.8. The van der Waals surface area contributed by atoms with E-state index in [4.69, 9.17) is 0 Å². The van der Waals surface area contributed by atoms with E-state index in [0.29, 0.717) is 12.2 Å². The van der Waals surface area contributed by atoms with Crippen molar-refractivity contribution in [3.63, 3.8) is 0 Å². The van der Waals surface area contributed by atoms with E-state index in [0.717, 1.165) is 11.8 Å². The van der Waals surface area contributed by atoms with Gasteiger partial charge in [-0.25, -0.2) is 0 Å². The molecule has 1 aromatic heterocycles. The molecule has 0 aliphatic heterocycles. The van der Waals surface area contributed by atoms with Crippen LogP contribution in [0.2, 0.25) is 0 Å². The summed E-state index contributed by atoms with van der Waals surface area (Å²) in [6, 6.07) is 6.05. The molecule has 0 aliphatic carbocycles. The van der Waals surface area contributed by atoms with Gasteiger partial charge in [0, 0.05) is 18.9 Å². The van der Waals surface area contributed by atoms with Gasteiger partial charge >= 0.3 is 6.18 Å². The Bertz CT molecular complexity index is 573. The molecule has 19 heavy (non-hydrogen) atoms. The van der Waals surface area contributed by atoms with Crippen molar-refractivity contribution in [3.8, 4) is 0 Å². The number of aryl methyl sites for hydroxylation is 2. The van der Waals surface area contributed by atoms with Crippen LogP contribution in [0.1, 0.15) is 16.8 Å². The Morgan fingerprint density at radius 3 is 2.58 bits per heavy atom. The molecular weight excluding hydrogens is 255 g/mol. The Balaban J connectivity index is 2.16. The van der Waals surface area contributed by atoms with Gasteiger partial charge in [-0.05, 0) is 30.7 Å². The zero-order valence-corrected chi connectivity index (χ0v) is 10.6. The summed E-state index contributed by atoms with van der Waals surface area (Å²) in [5, 5.41) is 6.96. The van der Waals surface area contributed by atoms with Crippen molar-refractivity contribution in [2.45, 2.75) is 19.6 Å². The molecule has 1 aromatic carbocycles. The average Bonchev–Trinajstić information content (AvgIpc) is 2.72. The van der Waals surface area contributed by atoms with Gasteiger partial charge in [0.15, 0.2) is 0 Å². The van der Waals surface area contributed by atoms with Crippen LogP contribution in [0, 0.1) is 6.92 Å². The average molecular weight is 269 g/mol. The maximum absolute atomic E-state index is 12.8. The number of nitrogens with one attached hydrogen (secondary N) is 1. The molecule has 3 nitrogen and oxygen atoms in total. The molecular formula is C13H14F3N3. The summed E-state index contributed by atoms with van der Waals surface area (Å²) < 4.78 is 40.0. The Labute approximate surface area is 109 Å². The largest absolute Gasteiger partial charge is 0.416 e. The number of aromatic nitrogens is 2. The molecule has 1 N–H and O–H groups in total. The highest BCUT2D eigenvalue weighted by molar-refractivity contribution is 5.49. The summed E-state index contributed by atoms with van der Waals surface area (Å²) >= 11 is 0. The van der Waals surface area contributed by atoms with Crippen LogP contribution < -0.4 is 5.32 Å². The summed E-state index contributed by atoms with van der Waals surface area (Å²) in [6.07, 6.45) is -2.68. The van der Waals surface area contributed by atoms with E-state index in [1.165, 1.54) is 13.0 Å². The van der Waals surface area contributed by atoms with Crippen LogP contribution in [-0.4, -0.2) is 9.78 Å². The summed E-state index contributed by atoms with van der Waals surface area (Å²) in [5.74, 6) is 0. The number of anilines is 1. The molecule has 102 valence electrons. The van der Waals surface area contributed by atoms with E-state index < -0.39 is 11.7 Å². The van der Waals surface area contributed by atoms with Gasteiger partial charge in [0.1, 0.15) is 0 Å². The molecule has 2 rings (SSSR count). The third-order valence-electron chi connectivity index (χ3n) is 2.94. The number of rotatable bonds is 3. The van der Waals surface area contributed by atoms with Gasteiger partial charge in [-0.15, -0.1) is 0 Å². The third-order valence-corrected chi connectivity index (χ3v) is 2.94. The predicted octanol–water partition coefficient (Wildman–Crippen LogP) is 3.36. The van der Waals surface area contributed by atoms with Crippen LogP contribution in [0.3, 0.4) is 0 Å². The van der Waals surface area contributed by atoms with E-state index in [1.807, 2.05) is 6.07 Å². The number of hydrogen-bond acceptors (Lipinski definition) is 2. The number of nitrogens with zero attached hydrogens (tertiary/aromatic N) is 2. The maximum Gasteiger partial charge on any atom is 0.416 e. The molecule has 6 heteroatoms. The molecule has 0 unspecified atom stereocenters. The van der Waals surface area contributed by atoms with Crippen molar-refractivity contribution < 1.29 is 13.2 Å². The van der Waals surface area contributed by atoms with Crippen LogP contribution in [0.4, 0.5) is 18.9 Å². The topological polar surface area (TPSA) is 29.9 Å². The minimum absolute atomic E-state index is 0.221. The Morgan fingerprint density at radius 1 is 1.26 bits per heavy atom. The lowest BCUT2D eigenvalue weighted by Crippen LogP contribution is -2.10. The fourth-order valence-corrected chi connectivity index (χ4v) is 1.80. The van der Waals surface area contributed by atoms with Crippen molar-refractivity contribution in [1.29, 1.82) is 0 Å². The summed E-state index contributed by atoms with van der Waals surface area (Å²) in [5.41, 5.74) is 0.953. The Morgan fingerprint density at radius 2 is 2.00 bits per heavy atom. The first kappa shape index (κ1) is 13.5. The quantitative estimate of drug-likeness (QED) is 0.926. The SMILES string of the molecule is Cc1ccc(NCc2ccnn2C)cc1C(F)(F)F. The first-order chi connectivity index (χ1) is 8.88.